The lowest BCUT2D eigenvalue weighted by Crippen LogP contribution is -2.57. The van der Waals surface area contributed by atoms with Crippen LogP contribution in [0.5, 0.6) is 0 Å². The molecule has 3 fully saturated rings. The average molecular weight is 303 g/mol. The van der Waals surface area contributed by atoms with Gasteiger partial charge in [-0.25, -0.2) is 4.79 Å². The molecule has 1 aliphatic heterocycles. The van der Waals surface area contributed by atoms with E-state index in [0.717, 1.165) is 32.1 Å². The van der Waals surface area contributed by atoms with Crippen LogP contribution >= 0.6 is 0 Å². The van der Waals surface area contributed by atoms with Crippen molar-refractivity contribution in [2.45, 2.75) is 69.5 Å². The molecule has 3 rings (SSSR count). The minimum atomic E-state index is -0.337. The molecule has 2 N–H and O–H groups in total. The fourth-order valence-electron chi connectivity index (χ4n) is 4.36. The molecular formula is C17H25N3O2. The van der Waals surface area contributed by atoms with Gasteiger partial charge in [0.05, 0.1) is 6.54 Å². The number of nitrogens with zero attached hydrogens (tertiary/aromatic N) is 1. The molecule has 0 radical (unpaired) electrons. The van der Waals surface area contributed by atoms with E-state index in [1.807, 2.05) is 0 Å². The molecule has 0 unspecified atom stereocenters. The highest BCUT2D eigenvalue weighted by atomic mass is 16.2. The first-order valence-electron chi connectivity index (χ1n) is 8.50. The van der Waals surface area contributed by atoms with Crippen molar-refractivity contribution >= 4 is 11.9 Å². The van der Waals surface area contributed by atoms with Crippen LogP contribution in [-0.2, 0) is 4.79 Å². The zero-order chi connectivity index (χ0) is 15.5. The van der Waals surface area contributed by atoms with Gasteiger partial charge in [-0.3, -0.25) is 4.79 Å². The first-order chi connectivity index (χ1) is 10.7. The second-order valence-electron chi connectivity index (χ2n) is 6.79. The summed E-state index contributed by atoms with van der Waals surface area (Å²) in [5.41, 5.74) is 0. The summed E-state index contributed by atoms with van der Waals surface area (Å²) in [5, 5.41) is 5.90. The number of carbonyl (C=O) groups is 2. The molecule has 1 heterocycles. The van der Waals surface area contributed by atoms with Gasteiger partial charge in [0.1, 0.15) is 6.04 Å². The zero-order valence-corrected chi connectivity index (χ0v) is 13.0. The fraction of sp³-hybridized carbons (Fsp3) is 0.765. The van der Waals surface area contributed by atoms with Gasteiger partial charge in [-0.15, -0.1) is 6.42 Å². The van der Waals surface area contributed by atoms with Gasteiger partial charge >= 0.3 is 6.03 Å². The molecular weight excluding hydrogens is 278 g/mol. The summed E-state index contributed by atoms with van der Waals surface area (Å²) in [4.78, 5) is 26.9. The number of nitrogens with one attached hydrogen (secondary N) is 2. The molecule has 22 heavy (non-hydrogen) atoms. The van der Waals surface area contributed by atoms with Crippen molar-refractivity contribution in [2.24, 2.45) is 5.92 Å². The minimum absolute atomic E-state index is 0.0556. The van der Waals surface area contributed by atoms with Crippen LogP contribution in [-0.4, -0.2) is 41.5 Å². The molecule has 0 aromatic heterocycles. The van der Waals surface area contributed by atoms with Gasteiger partial charge in [0.2, 0.25) is 5.91 Å². The van der Waals surface area contributed by atoms with Gasteiger partial charge in [0.25, 0.3) is 0 Å². The van der Waals surface area contributed by atoms with E-state index in [-0.39, 0.29) is 36.6 Å². The van der Waals surface area contributed by atoms with Crippen LogP contribution in [0.4, 0.5) is 4.79 Å². The van der Waals surface area contributed by atoms with E-state index in [1.165, 1.54) is 19.3 Å². The standard InChI is InChI=1S/C17H25N3O2/c1-2-10-18-16(21)15-12-8-9-14(11-12)20(15)17(22)19-13-6-4-3-5-7-13/h1,12-15H,3-11H2,(H,18,21)(H,19,22)/t12-,14-,15+/m0/s1. The number of likely N-dealkylation sites (tertiary alicyclic amines) is 1. The summed E-state index contributed by atoms with van der Waals surface area (Å²) in [7, 11) is 0. The number of terminal acetylenes is 1. The van der Waals surface area contributed by atoms with Gasteiger partial charge in [-0.05, 0) is 38.0 Å². The maximum absolute atomic E-state index is 12.7. The molecule has 3 amide bonds. The highest BCUT2D eigenvalue weighted by molar-refractivity contribution is 5.88. The Bertz CT molecular complexity index is 479. The highest BCUT2D eigenvalue weighted by Gasteiger charge is 2.51. The number of hydrogen-bond donors (Lipinski definition) is 2. The third kappa shape index (κ3) is 2.92. The lowest BCUT2D eigenvalue weighted by atomic mass is 9.95. The van der Waals surface area contributed by atoms with E-state index in [9.17, 15) is 9.59 Å². The number of rotatable bonds is 3. The lowest BCUT2D eigenvalue weighted by Gasteiger charge is -2.36. The molecule has 5 nitrogen and oxygen atoms in total. The number of carbonyl (C=O) groups excluding carboxylic acids is 2. The fourth-order valence-corrected chi connectivity index (χ4v) is 4.36. The Balaban J connectivity index is 1.65. The van der Waals surface area contributed by atoms with Crippen molar-refractivity contribution in [3.63, 3.8) is 0 Å². The molecule has 0 spiro atoms. The molecule has 3 atom stereocenters. The molecule has 1 saturated heterocycles. The molecule has 2 aliphatic carbocycles. The number of piperidine rings is 1. The van der Waals surface area contributed by atoms with E-state index >= 15 is 0 Å². The number of urea groups is 1. The SMILES string of the molecule is C#CCNC(=O)[C@H]1[C@H]2CC[C@@H](C2)N1C(=O)NC1CCCCC1. The number of fused-ring (bicyclic) bond motifs is 2. The van der Waals surface area contributed by atoms with E-state index in [1.54, 1.807) is 4.90 Å². The lowest BCUT2D eigenvalue weighted by molar-refractivity contribution is -0.126. The number of amides is 3. The summed E-state index contributed by atoms with van der Waals surface area (Å²) in [6.45, 7) is 0.227. The second-order valence-corrected chi connectivity index (χ2v) is 6.79. The topological polar surface area (TPSA) is 61.4 Å². The molecule has 2 bridgehead atoms. The second kappa shape index (κ2) is 6.60. The van der Waals surface area contributed by atoms with Crippen LogP contribution in [0.3, 0.4) is 0 Å². The minimum Gasteiger partial charge on any atom is -0.343 e. The van der Waals surface area contributed by atoms with E-state index in [4.69, 9.17) is 6.42 Å². The Labute approximate surface area is 132 Å². The quantitative estimate of drug-likeness (QED) is 0.779. The van der Waals surface area contributed by atoms with Crippen LogP contribution in [0.25, 0.3) is 0 Å². The third-order valence-corrected chi connectivity index (χ3v) is 5.39. The predicted octanol–water partition coefficient (Wildman–Crippen LogP) is 1.63. The highest BCUT2D eigenvalue weighted by Crippen LogP contribution is 2.42. The molecule has 0 aromatic carbocycles. The van der Waals surface area contributed by atoms with Crippen LogP contribution in [0.1, 0.15) is 51.4 Å². The molecule has 3 aliphatic rings. The van der Waals surface area contributed by atoms with Crippen LogP contribution in [0, 0.1) is 18.3 Å². The van der Waals surface area contributed by atoms with E-state index in [0.29, 0.717) is 5.92 Å². The van der Waals surface area contributed by atoms with Gasteiger partial charge in [0.15, 0.2) is 0 Å². The maximum atomic E-state index is 12.7. The number of hydrogen-bond acceptors (Lipinski definition) is 2. The van der Waals surface area contributed by atoms with E-state index in [2.05, 4.69) is 16.6 Å². The van der Waals surface area contributed by atoms with Crippen molar-refractivity contribution in [1.82, 2.24) is 15.5 Å². The third-order valence-electron chi connectivity index (χ3n) is 5.39. The first kappa shape index (κ1) is 15.2. The summed E-state index contributed by atoms with van der Waals surface area (Å²) < 4.78 is 0. The molecule has 2 saturated carbocycles. The first-order valence-corrected chi connectivity index (χ1v) is 8.50. The Hall–Kier alpha value is -1.70. The Morgan fingerprint density at radius 3 is 2.64 bits per heavy atom. The van der Waals surface area contributed by atoms with Crippen molar-refractivity contribution in [1.29, 1.82) is 0 Å². The smallest absolute Gasteiger partial charge is 0.318 e. The molecule has 0 aromatic rings. The van der Waals surface area contributed by atoms with Crippen LogP contribution in [0.2, 0.25) is 0 Å². The van der Waals surface area contributed by atoms with Crippen molar-refractivity contribution < 1.29 is 9.59 Å². The van der Waals surface area contributed by atoms with Crippen LogP contribution < -0.4 is 10.6 Å². The van der Waals surface area contributed by atoms with Crippen LogP contribution in [0.15, 0.2) is 0 Å². The summed E-state index contributed by atoms with van der Waals surface area (Å²) >= 11 is 0. The monoisotopic (exact) mass is 303 g/mol. The Morgan fingerprint density at radius 1 is 1.14 bits per heavy atom. The largest absolute Gasteiger partial charge is 0.343 e. The van der Waals surface area contributed by atoms with Gasteiger partial charge in [0, 0.05) is 12.1 Å². The maximum Gasteiger partial charge on any atom is 0.318 e. The normalized spacial score (nSPS) is 30.9. The predicted molar refractivity (Wildman–Crippen MR) is 84.0 cm³/mol. The molecule has 5 heteroatoms. The Morgan fingerprint density at radius 2 is 1.91 bits per heavy atom. The zero-order valence-electron chi connectivity index (χ0n) is 13.0. The Kier molecular flexibility index (Phi) is 4.56. The summed E-state index contributed by atoms with van der Waals surface area (Å²) in [5.74, 6) is 2.62. The summed E-state index contributed by atoms with van der Waals surface area (Å²) in [6, 6.07) is 0.0978. The van der Waals surface area contributed by atoms with E-state index < -0.39 is 0 Å². The van der Waals surface area contributed by atoms with Gasteiger partial charge in [-0.1, -0.05) is 25.2 Å². The van der Waals surface area contributed by atoms with Crippen molar-refractivity contribution in [3.05, 3.63) is 0 Å². The van der Waals surface area contributed by atoms with Gasteiger partial charge < -0.3 is 15.5 Å². The molecule has 120 valence electrons. The average Bonchev–Trinajstić information content (AvgIpc) is 3.14. The van der Waals surface area contributed by atoms with Crippen molar-refractivity contribution in [3.8, 4) is 12.3 Å². The van der Waals surface area contributed by atoms with Gasteiger partial charge in [-0.2, -0.15) is 0 Å². The van der Waals surface area contributed by atoms with Crippen molar-refractivity contribution in [2.75, 3.05) is 6.54 Å². The summed E-state index contributed by atoms with van der Waals surface area (Å²) in [6.07, 6.45) is 14.0.